The van der Waals surface area contributed by atoms with Gasteiger partial charge in [0.1, 0.15) is 5.75 Å². The van der Waals surface area contributed by atoms with Crippen LogP contribution in [0.2, 0.25) is 5.02 Å². The Bertz CT molecular complexity index is 368. The Hall–Kier alpha value is -1.42. The van der Waals surface area contributed by atoms with Crippen LogP contribution in [0.25, 0.3) is 0 Å². The Morgan fingerprint density at radius 2 is 2.33 bits per heavy atom. The van der Waals surface area contributed by atoms with Crippen molar-refractivity contribution in [1.29, 1.82) is 0 Å². The average Bonchev–Trinajstić information content (AvgIpc) is 2.18. The Kier molecular flexibility index (Phi) is 3.80. The predicted octanol–water partition coefficient (Wildman–Crippen LogP) is 2.16. The van der Waals surface area contributed by atoms with E-state index in [-0.39, 0.29) is 0 Å². The van der Waals surface area contributed by atoms with E-state index in [1.165, 1.54) is 6.07 Å². The third kappa shape index (κ3) is 3.02. The Labute approximate surface area is 92.6 Å². The summed E-state index contributed by atoms with van der Waals surface area (Å²) in [5.74, 6) is -0.720. The van der Waals surface area contributed by atoms with Gasteiger partial charge in [-0.3, -0.25) is 0 Å². The lowest BCUT2D eigenvalue weighted by molar-refractivity contribution is -0.145. The molecule has 1 aromatic carbocycles. The second-order valence-electron chi connectivity index (χ2n) is 3.04. The first-order chi connectivity index (χ1) is 7.04. The quantitative estimate of drug-likeness (QED) is 0.776. The van der Waals surface area contributed by atoms with Gasteiger partial charge >= 0.3 is 5.97 Å². The smallest absolute Gasteiger partial charge is 0.344 e. The molecule has 0 fully saturated rings. The van der Waals surface area contributed by atoms with Gasteiger partial charge in [0.05, 0.1) is 5.02 Å². The number of anilines is 1. The molecule has 0 spiro atoms. The van der Waals surface area contributed by atoms with Gasteiger partial charge in [0, 0.05) is 11.8 Å². The molecule has 0 heterocycles. The molecule has 0 aliphatic heterocycles. The molecule has 1 atom stereocenters. The first kappa shape index (κ1) is 11.7. The van der Waals surface area contributed by atoms with Crippen LogP contribution >= 0.6 is 11.6 Å². The van der Waals surface area contributed by atoms with Crippen molar-refractivity contribution in [1.82, 2.24) is 0 Å². The van der Waals surface area contributed by atoms with E-state index in [1.807, 2.05) is 0 Å². The van der Waals surface area contributed by atoms with Crippen molar-refractivity contribution in [3.05, 3.63) is 23.2 Å². The Morgan fingerprint density at radius 3 is 2.87 bits per heavy atom. The van der Waals surface area contributed by atoms with Crippen molar-refractivity contribution in [2.75, 3.05) is 5.73 Å². The van der Waals surface area contributed by atoms with Gasteiger partial charge in [-0.1, -0.05) is 18.5 Å². The van der Waals surface area contributed by atoms with E-state index >= 15 is 0 Å². The van der Waals surface area contributed by atoms with Gasteiger partial charge in [-0.05, 0) is 18.6 Å². The summed E-state index contributed by atoms with van der Waals surface area (Å²) >= 11 is 5.83. The molecule has 0 saturated carbocycles. The number of benzene rings is 1. The Morgan fingerprint density at radius 1 is 1.67 bits per heavy atom. The zero-order valence-electron chi connectivity index (χ0n) is 8.24. The van der Waals surface area contributed by atoms with Gasteiger partial charge in [-0.2, -0.15) is 0 Å². The van der Waals surface area contributed by atoms with Crippen LogP contribution in [0.15, 0.2) is 18.2 Å². The standard InChI is InChI=1S/C10H12ClNO3/c1-2-8(10(13)14)15-9-5-6(12)3-4-7(9)11/h3-5,8H,2,12H2,1H3,(H,13,14). The van der Waals surface area contributed by atoms with Crippen LogP contribution in [0.3, 0.4) is 0 Å². The fraction of sp³-hybridized carbons (Fsp3) is 0.300. The maximum atomic E-state index is 10.7. The second-order valence-corrected chi connectivity index (χ2v) is 3.45. The zero-order chi connectivity index (χ0) is 11.4. The molecule has 15 heavy (non-hydrogen) atoms. The molecule has 0 saturated heterocycles. The summed E-state index contributed by atoms with van der Waals surface area (Å²) in [4.78, 5) is 10.7. The molecule has 1 rings (SSSR count). The monoisotopic (exact) mass is 229 g/mol. The zero-order valence-corrected chi connectivity index (χ0v) is 8.99. The van der Waals surface area contributed by atoms with Crippen molar-refractivity contribution < 1.29 is 14.6 Å². The summed E-state index contributed by atoms with van der Waals surface area (Å²) in [6, 6.07) is 4.70. The highest BCUT2D eigenvalue weighted by Crippen LogP contribution is 2.27. The third-order valence-corrected chi connectivity index (χ3v) is 2.18. The van der Waals surface area contributed by atoms with Gasteiger partial charge in [0.2, 0.25) is 0 Å². The number of rotatable bonds is 4. The van der Waals surface area contributed by atoms with E-state index < -0.39 is 12.1 Å². The normalized spacial score (nSPS) is 12.1. The van der Waals surface area contributed by atoms with Gasteiger partial charge in [-0.15, -0.1) is 0 Å². The largest absolute Gasteiger partial charge is 0.479 e. The molecule has 0 amide bonds. The summed E-state index contributed by atoms with van der Waals surface area (Å²) in [5, 5.41) is 9.15. The molecule has 0 bridgehead atoms. The molecule has 0 aliphatic rings. The van der Waals surface area contributed by atoms with E-state index in [0.29, 0.717) is 22.9 Å². The fourth-order valence-electron chi connectivity index (χ4n) is 1.07. The molecular weight excluding hydrogens is 218 g/mol. The van der Waals surface area contributed by atoms with E-state index in [4.69, 9.17) is 27.2 Å². The van der Waals surface area contributed by atoms with Gasteiger partial charge in [-0.25, -0.2) is 4.79 Å². The molecule has 1 aromatic rings. The minimum atomic E-state index is -1.02. The predicted molar refractivity (Wildman–Crippen MR) is 58.2 cm³/mol. The van der Waals surface area contributed by atoms with Crippen LogP contribution in [0, 0.1) is 0 Å². The lowest BCUT2D eigenvalue weighted by Crippen LogP contribution is -2.26. The number of ether oxygens (including phenoxy) is 1. The first-order valence-electron chi connectivity index (χ1n) is 4.49. The molecule has 82 valence electrons. The number of hydrogen-bond acceptors (Lipinski definition) is 3. The van der Waals surface area contributed by atoms with Crippen molar-refractivity contribution >= 4 is 23.3 Å². The van der Waals surface area contributed by atoms with Crippen LogP contribution in [0.5, 0.6) is 5.75 Å². The minimum Gasteiger partial charge on any atom is -0.479 e. The second kappa shape index (κ2) is 4.89. The van der Waals surface area contributed by atoms with E-state index in [2.05, 4.69) is 0 Å². The summed E-state index contributed by atoms with van der Waals surface area (Å²) in [7, 11) is 0. The van der Waals surface area contributed by atoms with E-state index in [9.17, 15) is 4.79 Å². The van der Waals surface area contributed by atoms with Crippen LogP contribution < -0.4 is 10.5 Å². The minimum absolute atomic E-state index is 0.297. The lowest BCUT2D eigenvalue weighted by Gasteiger charge is -2.14. The number of hydrogen-bond donors (Lipinski definition) is 2. The van der Waals surface area contributed by atoms with Crippen molar-refractivity contribution in [2.24, 2.45) is 0 Å². The van der Waals surface area contributed by atoms with E-state index in [1.54, 1.807) is 19.1 Å². The van der Waals surface area contributed by atoms with Crippen LogP contribution in [-0.2, 0) is 4.79 Å². The number of carboxylic acids is 1. The maximum absolute atomic E-state index is 10.7. The average molecular weight is 230 g/mol. The fourth-order valence-corrected chi connectivity index (χ4v) is 1.23. The lowest BCUT2D eigenvalue weighted by atomic mass is 10.2. The highest BCUT2D eigenvalue weighted by molar-refractivity contribution is 6.32. The number of aliphatic carboxylic acids is 1. The summed E-state index contributed by atoms with van der Waals surface area (Å²) in [5.41, 5.74) is 6.02. The molecule has 0 radical (unpaired) electrons. The number of halogens is 1. The maximum Gasteiger partial charge on any atom is 0.344 e. The third-order valence-electron chi connectivity index (χ3n) is 1.87. The number of nitrogens with two attached hydrogens (primary N) is 1. The highest BCUT2D eigenvalue weighted by Gasteiger charge is 2.18. The molecule has 3 N–H and O–H groups in total. The molecular formula is C10H12ClNO3. The molecule has 0 aliphatic carbocycles. The van der Waals surface area contributed by atoms with Crippen molar-refractivity contribution in [3.8, 4) is 5.75 Å². The first-order valence-corrected chi connectivity index (χ1v) is 4.87. The van der Waals surface area contributed by atoms with Gasteiger partial charge in [0.25, 0.3) is 0 Å². The van der Waals surface area contributed by atoms with Gasteiger partial charge < -0.3 is 15.6 Å². The van der Waals surface area contributed by atoms with E-state index in [0.717, 1.165) is 0 Å². The highest BCUT2D eigenvalue weighted by atomic mass is 35.5. The van der Waals surface area contributed by atoms with Crippen LogP contribution in [0.1, 0.15) is 13.3 Å². The molecule has 1 unspecified atom stereocenters. The van der Waals surface area contributed by atoms with Crippen molar-refractivity contribution in [2.45, 2.75) is 19.4 Å². The molecule has 0 aromatic heterocycles. The summed E-state index contributed by atoms with van der Waals surface area (Å²) in [6.45, 7) is 1.72. The van der Waals surface area contributed by atoms with Crippen LogP contribution in [-0.4, -0.2) is 17.2 Å². The number of nitrogen functional groups attached to an aromatic ring is 1. The van der Waals surface area contributed by atoms with Crippen molar-refractivity contribution in [3.63, 3.8) is 0 Å². The van der Waals surface area contributed by atoms with Crippen LogP contribution in [0.4, 0.5) is 5.69 Å². The summed E-state index contributed by atoms with van der Waals surface area (Å²) < 4.78 is 5.23. The summed E-state index contributed by atoms with van der Waals surface area (Å²) in [6.07, 6.45) is -0.537. The SMILES string of the molecule is CCC(Oc1cc(N)ccc1Cl)C(=O)O. The molecule has 5 heteroatoms. The number of carbonyl (C=O) groups is 1. The molecule has 4 nitrogen and oxygen atoms in total. The Balaban J connectivity index is 2.87. The van der Waals surface area contributed by atoms with Gasteiger partial charge in [0.15, 0.2) is 6.10 Å². The topological polar surface area (TPSA) is 72.5 Å². The number of carboxylic acid groups (broad SMARTS) is 1.